The highest BCUT2D eigenvalue weighted by atomic mass is 35.5. The quantitative estimate of drug-likeness (QED) is 0.877. The lowest BCUT2D eigenvalue weighted by atomic mass is 9.89. The highest BCUT2D eigenvalue weighted by Crippen LogP contribution is 2.26. The smallest absolute Gasteiger partial charge is 0.238 e. The Hall–Kier alpha value is -1.10. The molecule has 1 fully saturated rings. The van der Waals surface area contributed by atoms with Gasteiger partial charge in [-0.3, -0.25) is 9.69 Å². The predicted molar refractivity (Wildman–Crippen MR) is 81.1 cm³/mol. The molecular formula is C15H21ClN2O2. The minimum Gasteiger partial charge on any atom is -0.387 e. The van der Waals surface area contributed by atoms with Crippen LogP contribution in [0, 0.1) is 6.92 Å². The van der Waals surface area contributed by atoms with E-state index in [4.69, 9.17) is 11.6 Å². The number of β-amino-alcohol motifs (C(OH)–C–C–N with tert-alkyl or cyclic N) is 1. The van der Waals surface area contributed by atoms with Crippen LogP contribution >= 0.6 is 11.6 Å². The monoisotopic (exact) mass is 296 g/mol. The topological polar surface area (TPSA) is 52.6 Å². The molecule has 4 nitrogen and oxygen atoms in total. The van der Waals surface area contributed by atoms with Crippen LogP contribution < -0.4 is 5.32 Å². The van der Waals surface area contributed by atoms with Crippen molar-refractivity contribution in [2.75, 3.05) is 25.0 Å². The lowest BCUT2D eigenvalue weighted by Gasteiger charge is -2.46. The van der Waals surface area contributed by atoms with Crippen molar-refractivity contribution in [1.82, 2.24) is 4.90 Å². The Morgan fingerprint density at radius 3 is 2.80 bits per heavy atom. The molecule has 1 aliphatic heterocycles. The number of hydrogen-bond acceptors (Lipinski definition) is 3. The molecule has 2 rings (SSSR count). The number of aliphatic hydroxyl groups is 1. The Morgan fingerprint density at radius 2 is 2.20 bits per heavy atom. The summed E-state index contributed by atoms with van der Waals surface area (Å²) in [5.41, 5.74) is 1.09. The average Bonchev–Trinajstić information content (AvgIpc) is 2.31. The highest BCUT2D eigenvalue weighted by molar-refractivity contribution is 6.33. The molecule has 1 saturated heterocycles. The summed E-state index contributed by atoms with van der Waals surface area (Å²) < 4.78 is 0. The molecule has 0 bridgehead atoms. The van der Waals surface area contributed by atoms with E-state index in [0.29, 0.717) is 23.8 Å². The lowest BCUT2D eigenvalue weighted by Crippen LogP contribution is -2.62. The number of anilines is 1. The molecule has 5 heteroatoms. The van der Waals surface area contributed by atoms with E-state index in [1.807, 2.05) is 30.9 Å². The first-order valence-electron chi connectivity index (χ1n) is 6.92. The third-order valence-electron chi connectivity index (χ3n) is 3.52. The van der Waals surface area contributed by atoms with Gasteiger partial charge in [0.2, 0.25) is 5.91 Å². The summed E-state index contributed by atoms with van der Waals surface area (Å²) >= 11 is 6.08. The Morgan fingerprint density at radius 1 is 1.50 bits per heavy atom. The number of halogens is 1. The Labute approximate surface area is 124 Å². The van der Waals surface area contributed by atoms with Crippen molar-refractivity contribution in [3.05, 3.63) is 28.8 Å². The summed E-state index contributed by atoms with van der Waals surface area (Å²) in [6, 6.07) is 5.53. The van der Waals surface area contributed by atoms with Gasteiger partial charge >= 0.3 is 0 Å². The maximum atomic E-state index is 11.9. The van der Waals surface area contributed by atoms with Crippen molar-refractivity contribution in [1.29, 1.82) is 0 Å². The molecule has 1 aromatic carbocycles. The molecule has 0 spiro atoms. The first-order valence-corrected chi connectivity index (χ1v) is 7.30. The van der Waals surface area contributed by atoms with Crippen molar-refractivity contribution in [2.24, 2.45) is 0 Å². The van der Waals surface area contributed by atoms with E-state index in [1.165, 1.54) is 0 Å². The summed E-state index contributed by atoms with van der Waals surface area (Å²) in [7, 11) is 0. The van der Waals surface area contributed by atoms with Gasteiger partial charge in [-0.2, -0.15) is 0 Å². The summed E-state index contributed by atoms with van der Waals surface area (Å²) in [5.74, 6) is -0.102. The van der Waals surface area contributed by atoms with Gasteiger partial charge in [-0.25, -0.2) is 0 Å². The van der Waals surface area contributed by atoms with Gasteiger partial charge in [-0.15, -0.1) is 0 Å². The number of aryl methyl sites for hydroxylation is 1. The van der Waals surface area contributed by atoms with Crippen LogP contribution in [0.3, 0.4) is 0 Å². The van der Waals surface area contributed by atoms with E-state index in [1.54, 1.807) is 6.07 Å². The first kappa shape index (κ1) is 15.3. The molecule has 2 N–H and O–H groups in total. The molecule has 1 amide bonds. The molecule has 1 heterocycles. The number of amides is 1. The predicted octanol–water partition coefficient (Wildman–Crippen LogP) is 2.43. The Balaban J connectivity index is 1.82. The number of carbonyl (C=O) groups is 1. The minimum atomic E-state index is -0.601. The minimum absolute atomic E-state index is 0.102. The number of hydrogen-bond donors (Lipinski definition) is 2. The second kappa shape index (κ2) is 6.12. The van der Waals surface area contributed by atoms with Crippen LogP contribution in [0.2, 0.25) is 5.02 Å². The Bertz CT molecular complexity index is 499. The van der Waals surface area contributed by atoms with Crippen LogP contribution in [0.15, 0.2) is 18.2 Å². The van der Waals surface area contributed by atoms with Gasteiger partial charge in [0.15, 0.2) is 0 Å². The molecule has 20 heavy (non-hydrogen) atoms. The normalized spacial score (nSPS) is 17.6. The molecule has 1 aromatic rings. The fourth-order valence-electron chi connectivity index (χ4n) is 2.64. The summed E-state index contributed by atoms with van der Waals surface area (Å²) in [4.78, 5) is 13.9. The molecule has 0 aliphatic carbocycles. The fraction of sp³-hybridized carbons (Fsp3) is 0.533. The van der Waals surface area contributed by atoms with E-state index in [9.17, 15) is 9.90 Å². The maximum Gasteiger partial charge on any atom is 0.238 e. The van der Waals surface area contributed by atoms with E-state index in [2.05, 4.69) is 5.32 Å². The standard InChI is InChI=1S/C15H21ClN2O2/c1-3-6-15(20)9-18(10-15)8-14(19)17-13-5-4-11(2)7-12(13)16/h4-5,7,20H,3,6,8-10H2,1-2H3,(H,17,19). The zero-order chi connectivity index (χ0) is 14.8. The second-order valence-electron chi connectivity index (χ2n) is 5.65. The van der Waals surface area contributed by atoms with Crippen LogP contribution in [0.4, 0.5) is 5.69 Å². The van der Waals surface area contributed by atoms with Crippen LogP contribution in [-0.4, -0.2) is 41.1 Å². The van der Waals surface area contributed by atoms with Gasteiger partial charge in [0.05, 0.1) is 22.9 Å². The van der Waals surface area contributed by atoms with Crippen molar-refractivity contribution >= 4 is 23.2 Å². The highest BCUT2D eigenvalue weighted by Gasteiger charge is 2.40. The Kier molecular flexibility index (Phi) is 4.68. The second-order valence-corrected chi connectivity index (χ2v) is 6.06. The third kappa shape index (κ3) is 3.72. The number of rotatable bonds is 5. The van der Waals surface area contributed by atoms with Gasteiger partial charge in [0, 0.05) is 13.1 Å². The van der Waals surface area contributed by atoms with E-state index < -0.39 is 5.60 Å². The average molecular weight is 297 g/mol. The van der Waals surface area contributed by atoms with Crippen molar-refractivity contribution in [3.63, 3.8) is 0 Å². The summed E-state index contributed by atoms with van der Waals surface area (Å²) in [6.07, 6.45) is 1.74. The molecular weight excluding hydrogens is 276 g/mol. The van der Waals surface area contributed by atoms with Crippen molar-refractivity contribution in [2.45, 2.75) is 32.3 Å². The van der Waals surface area contributed by atoms with Crippen LogP contribution in [-0.2, 0) is 4.79 Å². The lowest BCUT2D eigenvalue weighted by molar-refractivity contribution is -0.129. The van der Waals surface area contributed by atoms with Crippen LogP contribution in [0.5, 0.6) is 0 Å². The molecule has 0 saturated carbocycles. The van der Waals surface area contributed by atoms with Crippen molar-refractivity contribution in [3.8, 4) is 0 Å². The summed E-state index contributed by atoms with van der Waals surface area (Å²) in [5, 5.41) is 13.4. The molecule has 0 aromatic heterocycles. The van der Waals surface area contributed by atoms with Gasteiger partial charge < -0.3 is 10.4 Å². The molecule has 0 radical (unpaired) electrons. The molecule has 1 aliphatic rings. The van der Waals surface area contributed by atoms with Gasteiger partial charge in [-0.05, 0) is 31.0 Å². The number of benzene rings is 1. The number of nitrogens with zero attached hydrogens (tertiary/aromatic N) is 1. The zero-order valence-corrected chi connectivity index (χ0v) is 12.7. The fourth-order valence-corrected chi connectivity index (χ4v) is 2.92. The third-order valence-corrected chi connectivity index (χ3v) is 3.83. The molecule has 0 atom stereocenters. The number of likely N-dealkylation sites (tertiary alicyclic amines) is 1. The largest absolute Gasteiger partial charge is 0.387 e. The van der Waals surface area contributed by atoms with Crippen molar-refractivity contribution < 1.29 is 9.90 Å². The molecule has 110 valence electrons. The summed E-state index contributed by atoms with van der Waals surface area (Å²) in [6.45, 7) is 5.42. The SMILES string of the molecule is CCCC1(O)CN(CC(=O)Nc2ccc(C)cc2Cl)C1. The zero-order valence-electron chi connectivity index (χ0n) is 11.9. The van der Waals surface area contributed by atoms with E-state index >= 15 is 0 Å². The van der Waals surface area contributed by atoms with E-state index in [0.717, 1.165) is 18.4 Å². The number of carbonyl (C=O) groups excluding carboxylic acids is 1. The van der Waals surface area contributed by atoms with Gasteiger partial charge in [0.25, 0.3) is 0 Å². The maximum absolute atomic E-state index is 11.9. The molecule has 0 unspecified atom stereocenters. The van der Waals surface area contributed by atoms with Gasteiger partial charge in [0.1, 0.15) is 0 Å². The van der Waals surface area contributed by atoms with E-state index in [-0.39, 0.29) is 12.5 Å². The van der Waals surface area contributed by atoms with Crippen LogP contribution in [0.1, 0.15) is 25.3 Å². The van der Waals surface area contributed by atoms with Gasteiger partial charge in [-0.1, -0.05) is 31.0 Å². The van der Waals surface area contributed by atoms with Crippen LogP contribution in [0.25, 0.3) is 0 Å². The number of nitrogens with one attached hydrogen (secondary N) is 1. The first-order chi connectivity index (χ1) is 9.42.